The van der Waals surface area contributed by atoms with Gasteiger partial charge >= 0.3 is 6.18 Å². The number of piperidine rings is 1. The summed E-state index contributed by atoms with van der Waals surface area (Å²) in [6.07, 6.45) is 3.45. The highest BCUT2D eigenvalue weighted by molar-refractivity contribution is 5.91. The number of ether oxygens (including phenoxy) is 2. The van der Waals surface area contributed by atoms with Crippen molar-refractivity contribution in [2.45, 2.75) is 58.0 Å². The van der Waals surface area contributed by atoms with Crippen molar-refractivity contribution >= 4 is 22.5 Å². The number of methoxy groups -OCH3 is 1. The van der Waals surface area contributed by atoms with Crippen LogP contribution in [0.5, 0.6) is 5.88 Å². The molecule has 4 aromatic rings. The Balaban J connectivity index is 1.44. The lowest BCUT2D eigenvalue weighted by Gasteiger charge is -2.34. The van der Waals surface area contributed by atoms with E-state index in [1.165, 1.54) is 31.0 Å². The van der Waals surface area contributed by atoms with Crippen LogP contribution in [0.2, 0.25) is 0 Å². The molecular formula is C34H41F3N6O2. The zero-order valence-corrected chi connectivity index (χ0v) is 26.2. The highest BCUT2D eigenvalue weighted by atomic mass is 19.4. The minimum Gasteiger partial charge on any atom is -0.478 e. The zero-order chi connectivity index (χ0) is 31.6. The minimum absolute atomic E-state index is 0.00531. The van der Waals surface area contributed by atoms with E-state index in [9.17, 15) is 13.2 Å². The molecule has 240 valence electrons. The molecule has 6 rings (SSSR count). The predicted octanol–water partition coefficient (Wildman–Crippen LogP) is 7.74. The molecule has 0 unspecified atom stereocenters. The highest BCUT2D eigenvalue weighted by Gasteiger charge is 2.36. The Morgan fingerprint density at radius 2 is 1.67 bits per heavy atom. The molecule has 0 spiro atoms. The molecule has 8 nitrogen and oxygen atoms in total. The number of fused-ring (bicyclic) bond motifs is 1. The lowest BCUT2D eigenvalue weighted by molar-refractivity contribution is -0.141. The van der Waals surface area contributed by atoms with Crippen molar-refractivity contribution in [3.05, 3.63) is 48.2 Å². The number of pyridine rings is 2. The molecule has 0 bridgehead atoms. The Bertz CT molecular complexity index is 1610. The smallest absolute Gasteiger partial charge is 0.433 e. The normalized spacial score (nSPS) is 16.8. The third-order valence-corrected chi connectivity index (χ3v) is 9.08. The quantitative estimate of drug-likeness (QED) is 0.194. The lowest BCUT2D eigenvalue weighted by Crippen LogP contribution is -2.37. The van der Waals surface area contributed by atoms with Crippen LogP contribution in [0.3, 0.4) is 0 Å². The van der Waals surface area contributed by atoms with Gasteiger partial charge in [-0.1, -0.05) is 12.8 Å². The minimum atomic E-state index is -4.64. The van der Waals surface area contributed by atoms with E-state index in [0.29, 0.717) is 23.8 Å². The predicted molar refractivity (Wildman–Crippen MR) is 171 cm³/mol. The number of anilines is 2. The first-order valence-corrected chi connectivity index (χ1v) is 15.9. The first-order valence-electron chi connectivity index (χ1n) is 15.9. The number of nitrogens with one attached hydrogen (secondary N) is 1. The van der Waals surface area contributed by atoms with Gasteiger partial charge in [-0.25, -0.2) is 15.0 Å². The fourth-order valence-electron chi connectivity index (χ4n) is 6.93. The third-order valence-electron chi connectivity index (χ3n) is 9.08. The Kier molecular flexibility index (Phi) is 8.90. The number of aromatic amines is 1. The number of imidazole rings is 1. The van der Waals surface area contributed by atoms with Crippen LogP contribution in [0.4, 0.5) is 24.5 Å². The second-order valence-electron chi connectivity index (χ2n) is 12.4. The zero-order valence-electron chi connectivity index (χ0n) is 26.2. The molecule has 0 atom stereocenters. The molecule has 0 amide bonds. The van der Waals surface area contributed by atoms with Crippen molar-refractivity contribution in [2.75, 3.05) is 56.8 Å². The van der Waals surface area contributed by atoms with Crippen molar-refractivity contribution in [3.63, 3.8) is 0 Å². The molecular weight excluding hydrogens is 581 g/mol. The summed E-state index contributed by atoms with van der Waals surface area (Å²) in [5.74, 6) is 0.559. The number of halogens is 3. The Labute approximate surface area is 262 Å². The highest BCUT2D eigenvalue weighted by Crippen LogP contribution is 2.41. The second kappa shape index (κ2) is 12.9. The van der Waals surface area contributed by atoms with Gasteiger partial charge in [-0.2, -0.15) is 13.2 Å². The van der Waals surface area contributed by atoms with E-state index in [1.54, 1.807) is 14.0 Å². The van der Waals surface area contributed by atoms with Gasteiger partial charge in [-0.05, 0) is 75.4 Å². The summed E-state index contributed by atoms with van der Waals surface area (Å²) in [5.41, 5.74) is 3.68. The second-order valence-corrected chi connectivity index (χ2v) is 12.4. The lowest BCUT2D eigenvalue weighted by atomic mass is 9.86. The van der Waals surface area contributed by atoms with Crippen LogP contribution in [0.1, 0.15) is 57.6 Å². The van der Waals surface area contributed by atoms with Crippen LogP contribution in [-0.2, 0) is 10.9 Å². The number of rotatable bonds is 10. The third kappa shape index (κ3) is 6.73. The number of H-pyrrole nitrogens is 1. The van der Waals surface area contributed by atoms with Gasteiger partial charge in [0.25, 0.3) is 0 Å². The first kappa shape index (κ1) is 31.1. The standard InChI is InChI=1S/C34H41F3N6O2/c1-4-45-29-19-24(18-28(39-29)34(35,36)37)26-20-27(42(2)21-33(22-44-3)14-6-7-15-33)30-32(38-26)41-31(40-30)23-10-12-25(13-11-23)43-16-8-5-9-17-43/h10-13,18-20H,4-9,14-17,21-22H2,1-3H3,(H,38,40,41). The molecule has 3 aromatic heterocycles. The Hall–Kier alpha value is -3.86. The van der Waals surface area contributed by atoms with Gasteiger partial charge in [0.05, 0.1) is 24.6 Å². The molecule has 45 heavy (non-hydrogen) atoms. The van der Waals surface area contributed by atoms with Crippen molar-refractivity contribution in [2.24, 2.45) is 5.41 Å². The topological polar surface area (TPSA) is 79.4 Å². The maximum absolute atomic E-state index is 13.9. The van der Waals surface area contributed by atoms with Gasteiger partial charge in [-0.15, -0.1) is 0 Å². The number of benzene rings is 1. The van der Waals surface area contributed by atoms with E-state index in [-0.39, 0.29) is 23.5 Å². The van der Waals surface area contributed by atoms with Crippen molar-refractivity contribution in [1.82, 2.24) is 19.9 Å². The van der Waals surface area contributed by atoms with Crippen molar-refractivity contribution in [3.8, 4) is 28.5 Å². The Morgan fingerprint density at radius 3 is 2.33 bits per heavy atom. The summed E-state index contributed by atoms with van der Waals surface area (Å²) in [4.78, 5) is 21.4. The molecule has 1 saturated carbocycles. The maximum atomic E-state index is 13.9. The van der Waals surface area contributed by atoms with Crippen LogP contribution in [0, 0.1) is 5.41 Å². The van der Waals surface area contributed by atoms with E-state index in [1.807, 2.05) is 13.1 Å². The number of aromatic nitrogens is 4. The fraction of sp³-hybridized carbons (Fsp3) is 0.500. The molecule has 1 aliphatic carbocycles. The van der Waals surface area contributed by atoms with Crippen molar-refractivity contribution in [1.29, 1.82) is 0 Å². The van der Waals surface area contributed by atoms with Gasteiger partial charge in [0.1, 0.15) is 17.0 Å². The SMILES string of the molecule is CCOc1cc(-c2cc(N(C)CC3(COC)CCCC3)c3[nH]c(-c4ccc(N5CCCCC5)cc4)nc3n2)cc(C(F)(F)F)n1. The maximum Gasteiger partial charge on any atom is 0.433 e. The number of alkyl halides is 3. The molecule has 4 heterocycles. The summed E-state index contributed by atoms with van der Waals surface area (Å²) in [6, 6.07) is 12.7. The first-order chi connectivity index (χ1) is 21.7. The van der Waals surface area contributed by atoms with E-state index in [4.69, 9.17) is 19.4 Å². The van der Waals surface area contributed by atoms with Gasteiger partial charge in [-0.3, -0.25) is 0 Å². The summed E-state index contributed by atoms with van der Waals surface area (Å²) >= 11 is 0. The van der Waals surface area contributed by atoms with Gasteiger partial charge in [0.15, 0.2) is 5.65 Å². The van der Waals surface area contributed by atoms with Gasteiger partial charge < -0.3 is 24.3 Å². The summed E-state index contributed by atoms with van der Waals surface area (Å²) < 4.78 is 52.7. The van der Waals surface area contributed by atoms with Crippen LogP contribution in [-0.4, -0.2) is 66.9 Å². The van der Waals surface area contributed by atoms with Crippen LogP contribution >= 0.6 is 0 Å². The molecule has 11 heteroatoms. The number of nitrogens with zero attached hydrogens (tertiary/aromatic N) is 5. The van der Waals surface area contributed by atoms with E-state index >= 15 is 0 Å². The molecule has 1 aliphatic heterocycles. The molecule has 1 saturated heterocycles. The van der Waals surface area contributed by atoms with Crippen molar-refractivity contribution < 1.29 is 22.6 Å². The molecule has 1 N–H and O–H groups in total. The fourth-order valence-corrected chi connectivity index (χ4v) is 6.93. The van der Waals surface area contributed by atoms with Gasteiger partial charge in [0.2, 0.25) is 5.88 Å². The van der Waals surface area contributed by atoms with Crippen LogP contribution in [0.25, 0.3) is 33.8 Å². The van der Waals surface area contributed by atoms with E-state index in [2.05, 4.69) is 44.0 Å². The number of hydrogen-bond acceptors (Lipinski definition) is 7. The van der Waals surface area contributed by atoms with E-state index in [0.717, 1.165) is 68.2 Å². The summed E-state index contributed by atoms with van der Waals surface area (Å²) in [5, 5.41) is 0. The average molecular weight is 623 g/mol. The summed E-state index contributed by atoms with van der Waals surface area (Å²) in [7, 11) is 3.75. The van der Waals surface area contributed by atoms with E-state index < -0.39 is 11.9 Å². The number of hydrogen-bond donors (Lipinski definition) is 1. The largest absolute Gasteiger partial charge is 0.478 e. The van der Waals surface area contributed by atoms with Crippen LogP contribution in [0.15, 0.2) is 42.5 Å². The Morgan fingerprint density at radius 1 is 0.933 bits per heavy atom. The monoisotopic (exact) mass is 622 g/mol. The van der Waals surface area contributed by atoms with Crippen LogP contribution < -0.4 is 14.5 Å². The average Bonchev–Trinajstić information content (AvgIpc) is 3.68. The van der Waals surface area contributed by atoms with Gasteiger partial charge in [0, 0.05) is 62.1 Å². The molecule has 0 radical (unpaired) electrons. The summed E-state index contributed by atoms with van der Waals surface area (Å²) in [6.45, 7) is 5.40. The molecule has 1 aromatic carbocycles. The molecule has 2 aliphatic rings. The molecule has 2 fully saturated rings.